The average Bonchev–Trinajstić information content (AvgIpc) is 3.17. The number of halogens is 1. The molecule has 1 aromatic heterocycles. The minimum absolute atomic E-state index is 0.224. The zero-order chi connectivity index (χ0) is 21.0. The fourth-order valence-electron chi connectivity index (χ4n) is 3.96. The molecule has 152 valence electrons. The Labute approximate surface area is 192 Å². The van der Waals surface area contributed by atoms with E-state index < -0.39 is 0 Å². The topological polar surface area (TPSA) is 4.93 Å². The molecule has 0 saturated carbocycles. The molecule has 0 N–H and O–H groups in total. The normalized spacial score (nSPS) is 11.3. The summed E-state index contributed by atoms with van der Waals surface area (Å²) in [6.45, 7) is 0.752. The predicted molar refractivity (Wildman–Crippen MR) is 133 cm³/mol. The van der Waals surface area contributed by atoms with E-state index in [-0.39, 0.29) is 5.25 Å². The number of hydrogen-bond acceptors (Lipinski definition) is 1. The van der Waals surface area contributed by atoms with Crippen LogP contribution in [-0.4, -0.2) is 4.57 Å². The lowest BCUT2D eigenvalue weighted by Gasteiger charge is -2.17. The minimum Gasteiger partial charge on any atom is -0.342 e. The van der Waals surface area contributed by atoms with E-state index in [2.05, 4.69) is 102 Å². The minimum atomic E-state index is 0.224. The molecule has 3 heteroatoms. The Kier molecular flexibility index (Phi) is 5.84. The van der Waals surface area contributed by atoms with E-state index in [1.807, 2.05) is 30.0 Å². The number of rotatable bonds is 6. The Bertz CT molecular complexity index is 1260. The van der Waals surface area contributed by atoms with Crippen LogP contribution in [0.1, 0.15) is 21.9 Å². The highest BCUT2D eigenvalue weighted by Crippen LogP contribution is 2.43. The van der Waals surface area contributed by atoms with Crippen LogP contribution in [0.3, 0.4) is 0 Å². The quantitative estimate of drug-likeness (QED) is 0.241. The molecule has 0 aliphatic rings. The van der Waals surface area contributed by atoms with Gasteiger partial charge in [0, 0.05) is 33.6 Å². The third kappa shape index (κ3) is 4.27. The van der Waals surface area contributed by atoms with Crippen molar-refractivity contribution in [1.82, 2.24) is 4.57 Å². The number of para-hydroxylation sites is 1. The van der Waals surface area contributed by atoms with Crippen molar-refractivity contribution in [3.05, 3.63) is 137 Å². The molecule has 0 spiro atoms. The molecule has 0 amide bonds. The van der Waals surface area contributed by atoms with Crippen LogP contribution >= 0.6 is 23.4 Å². The standard InChI is InChI=1S/C28H22ClNS/c29-25-17-9-7-15-23(25)19-30-20-27(24-16-8-10-18-26(24)30)31-28(21-11-3-1-4-12-21)22-13-5-2-6-14-22/h1-18,20,28H,19H2. The van der Waals surface area contributed by atoms with E-state index in [0.29, 0.717) is 0 Å². The predicted octanol–water partition coefficient (Wildman–Crippen LogP) is 8.22. The van der Waals surface area contributed by atoms with E-state index in [4.69, 9.17) is 11.6 Å². The maximum atomic E-state index is 6.46. The highest BCUT2D eigenvalue weighted by atomic mass is 35.5. The second kappa shape index (κ2) is 9.05. The van der Waals surface area contributed by atoms with Gasteiger partial charge in [-0.25, -0.2) is 0 Å². The fraction of sp³-hybridized carbons (Fsp3) is 0.0714. The third-order valence-corrected chi connectivity index (χ3v) is 7.23. The van der Waals surface area contributed by atoms with Crippen LogP contribution in [0, 0.1) is 0 Å². The van der Waals surface area contributed by atoms with Crippen molar-refractivity contribution in [3.63, 3.8) is 0 Å². The van der Waals surface area contributed by atoms with Crippen LogP contribution in [-0.2, 0) is 6.54 Å². The van der Waals surface area contributed by atoms with E-state index in [0.717, 1.165) is 17.1 Å². The molecule has 0 aliphatic carbocycles. The molecule has 0 unspecified atom stereocenters. The molecule has 0 fully saturated rings. The van der Waals surface area contributed by atoms with Crippen LogP contribution in [0.25, 0.3) is 10.9 Å². The van der Waals surface area contributed by atoms with E-state index >= 15 is 0 Å². The van der Waals surface area contributed by atoms with Crippen LogP contribution in [0.2, 0.25) is 5.02 Å². The van der Waals surface area contributed by atoms with Gasteiger partial charge in [0.25, 0.3) is 0 Å². The smallest absolute Gasteiger partial charge is 0.0594 e. The number of nitrogens with zero attached hydrogens (tertiary/aromatic N) is 1. The Morgan fingerprint density at radius 2 is 1.26 bits per heavy atom. The number of hydrogen-bond donors (Lipinski definition) is 0. The maximum Gasteiger partial charge on any atom is 0.0594 e. The highest BCUT2D eigenvalue weighted by molar-refractivity contribution is 8.00. The van der Waals surface area contributed by atoms with Crippen molar-refractivity contribution >= 4 is 34.3 Å². The second-order valence-corrected chi connectivity index (χ2v) is 9.10. The van der Waals surface area contributed by atoms with Gasteiger partial charge in [0.2, 0.25) is 0 Å². The van der Waals surface area contributed by atoms with Crippen molar-refractivity contribution in [1.29, 1.82) is 0 Å². The maximum absolute atomic E-state index is 6.46. The first-order valence-corrected chi connectivity index (χ1v) is 11.6. The molecular weight excluding hydrogens is 418 g/mol. The second-order valence-electron chi connectivity index (χ2n) is 7.55. The summed E-state index contributed by atoms with van der Waals surface area (Å²) in [4.78, 5) is 1.28. The van der Waals surface area contributed by atoms with Gasteiger partial charge >= 0.3 is 0 Å². The van der Waals surface area contributed by atoms with E-state index in [1.54, 1.807) is 0 Å². The molecule has 0 saturated heterocycles. The first kappa shape index (κ1) is 20.0. The highest BCUT2D eigenvalue weighted by Gasteiger charge is 2.19. The molecule has 31 heavy (non-hydrogen) atoms. The van der Waals surface area contributed by atoms with Crippen molar-refractivity contribution in [3.8, 4) is 0 Å². The van der Waals surface area contributed by atoms with Crippen LogP contribution in [0.5, 0.6) is 0 Å². The summed E-state index contributed by atoms with van der Waals surface area (Å²) in [5.41, 5.74) is 4.97. The van der Waals surface area contributed by atoms with Gasteiger partial charge in [0.15, 0.2) is 0 Å². The Morgan fingerprint density at radius 1 is 0.677 bits per heavy atom. The van der Waals surface area contributed by atoms with Crippen molar-refractivity contribution in [2.75, 3.05) is 0 Å². The number of thioether (sulfide) groups is 1. The Hall–Kier alpha value is -2.94. The average molecular weight is 440 g/mol. The summed E-state index contributed by atoms with van der Waals surface area (Å²) in [5.74, 6) is 0. The third-order valence-electron chi connectivity index (χ3n) is 5.50. The van der Waals surface area contributed by atoms with Gasteiger partial charge in [-0.2, -0.15) is 0 Å². The van der Waals surface area contributed by atoms with Crippen molar-refractivity contribution in [2.45, 2.75) is 16.7 Å². The molecule has 0 aliphatic heterocycles. The zero-order valence-electron chi connectivity index (χ0n) is 17.0. The number of fused-ring (bicyclic) bond motifs is 1. The zero-order valence-corrected chi connectivity index (χ0v) is 18.6. The number of aromatic nitrogens is 1. The van der Waals surface area contributed by atoms with Crippen LogP contribution in [0.15, 0.2) is 120 Å². The lowest BCUT2D eigenvalue weighted by molar-refractivity contribution is 0.830. The lowest BCUT2D eigenvalue weighted by atomic mass is 10.0. The SMILES string of the molecule is Clc1ccccc1Cn1cc(SC(c2ccccc2)c2ccccc2)c2ccccc21. The molecule has 0 radical (unpaired) electrons. The Morgan fingerprint density at radius 3 is 1.94 bits per heavy atom. The summed E-state index contributed by atoms with van der Waals surface area (Å²) in [5, 5.41) is 2.30. The summed E-state index contributed by atoms with van der Waals surface area (Å²) in [6.07, 6.45) is 2.28. The molecule has 5 aromatic rings. The summed E-state index contributed by atoms with van der Waals surface area (Å²) >= 11 is 8.36. The van der Waals surface area contributed by atoms with Crippen molar-refractivity contribution < 1.29 is 0 Å². The summed E-state index contributed by atoms with van der Waals surface area (Å²) in [6, 6.07) is 38.2. The van der Waals surface area contributed by atoms with Gasteiger partial charge in [0.05, 0.1) is 5.25 Å². The molecule has 0 bridgehead atoms. The van der Waals surface area contributed by atoms with Gasteiger partial charge in [-0.1, -0.05) is 109 Å². The Balaban J connectivity index is 1.57. The van der Waals surface area contributed by atoms with Gasteiger partial charge in [-0.15, -0.1) is 11.8 Å². The molecule has 4 aromatic carbocycles. The fourth-order valence-corrected chi connectivity index (χ4v) is 5.48. The molecular formula is C28H22ClNS. The van der Waals surface area contributed by atoms with Crippen molar-refractivity contribution in [2.24, 2.45) is 0 Å². The molecule has 0 atom stereocenters. The monoisotopic (exact) mass is 439 g/mol. The largest absolute Gasteiger partial charge is 0.342 e. The first-order chi connectivity index (χ1) is 15.3. The van der Waals surface area contributed by atoms with Gasteiger partial charge < -0.3 is 4.57 Å². The van der Waals surface area contributed by atoms with E-state index in [9.17, 15) is 0 Å². The summed E-state index contributed by atoms with van der Waals surface area (Å²) in [7, 11) is 0. The van der Waals surface area contributed by atoms with Gasteiger partial charge in [-0.3, -0.25) is 0 Å². The van der Waals surface area contributed by atoms with Gasteiger partial charge in [-0.05, 0) is 28.8 Å². The lowest BCUT2D eigenvalue weighted by Crippen LogP contribution is -1.98. The molecule has 5 rings (SSSR count). The van der Waals surface area contributed by atoms with Crippen LogP contribution in [0.4, 0.5) is 0 Å². The number of benzene rings is 4. The van der Waals surface area contributed by atoms with Crippen LogP contribution < -0.4 is 0 Å². The first-order valence-electron chi connectivity index (χ1n) is 10.4. The van der Waals surface area contributed by atoms with Gasteiger partial charge in [0.1, 0.15) is 0 Å². The summed E-state index contributed by atoms with van der Waals surface area (Å²) < 4.78 is 2.31. The molecule has 1 nitrogen and oxygen atoms in total. The van der Waals surface area contributed by atoms with E-state index in [1.165, 1.54) is 26.9 Å². The molecule has 1 heterocycles.